The van der Waals surface area contributed by atoms with Gasteiger partial charge in [0.05, 0.1) is 35.5 Å². The SMILES string of the molecule is CCOc1cccc([C@H]2C3=CC[C@@H]4C(=O)N(C(N)=O)C(=O)[C@@H]4[C@@H]3C[C@H]3C(=O)N(Nc4ccc(C)cc4)C(=O)[C@@]23c2ccccc2)c1O. The number of primary amides is 1. The van der Waals surface area contributed by atoms with Gasteiger partial charge in [-0.05, 0) is 56.4 Å². The first kappa shape index (κ1) is 30.2. The molecule has 47 heavy (non-hydrogen) atoms. The molecule has 2 aliphatic carbocycles. The van der Waals surface area contributed by atoms with Gasteiger partial charge in [0.1, 0.15) is 0 Å². The van der Waals surface area contributed by atoms with E-state index in [9.17, 15) is 24.3 Å². The van der Waals surface area contributed by atoms with E-state index in [0.29, 0.717) is 27.3 Å². The number of anilines is 1. The number of ether oxygens (including phenoxy) is 1. The third kappa shape index (κ3) is 4.29. The lowest BCUT2D eigenvalue weighted by atomic mass is 9.49. The van der Waals surface area contributed by atoms with Crippen LogP contribution in [0.4, 0.5) is 10.5 Å². The molecule has 3 aromatic carbocycles. The number of nitrogens with zero attached hydrogens (tertiary/aromatic N) is 2. The highest BCUT2D eigenvalue weighted by molar-refractivity contribution is 6.17. The van der Waals surface area contributed by atoms with Crippen molar-refractivity contribution in [2.24, 2.45) is 29.4 Å². The number of urea groups is 1. The fourth-order valence-corrected chi connectivity index (χ4v) is 8.35. The molecule has 240 valence electrons. The van der Waals surface area contributed by atoms with Crippen LogP contribution in [0.3, 0.4) is 0 Å². The number of para-hydroxylation sites is 1. The number of imide groups is 4. The van der Waals surface area contributed by atoms with E-state index in [-0.39, 0.29) is 30.9 Å². The number of likely N-dealkylation sites (tertiary alicyclic amines) is 1. The first-order valence-corrected chi connectivity index (χ1v) is 15.7. The molecule has 7 rings (SSSR count). The summed E-state index contributed by atoms with van der Waals surface area (Å²) in [6.45, 7) is 3.99. The van der Waals surface area contributed by atoms with Gasteiger partial charge in [-0.2, -0.15) is 9.91 Å². The van der Waals surface area contributed by atoms with Gasteiger partial charge in [0.2, 0.25) is 11.8 Å². The molecule has 2 saturated heterocycles. The van der Waals surface area contributed by atoms with E-state index in [4.69, 9.17) is 10.5 Å². The molecule has 3 aromatic rings. The van der Waals surface area contributed by atoms with Crippen LogP contribution in [-0.2, 0) is 24.6 Å². The van der Waals surface area contributed by atoms with Gasteiger partial charge >= 0.3 is 6.03 Å². The molecule has 1 saturated carbocycles. The molecule has 0 spiro atoms. The Morgan fingerprint density at radius 1 is 0.957 bits per heavy atom. The molecule has 2 aliphatic heterocycles. The first-order chi connectivity index (χ1) is 22.6. The second kappa shape index (κ2) is 11.1. The number of rotatable bonds is 6. The van der Waals surface area contributed by atoms with Gasteiger partial charge in [-0.3, -0.25) is 24.6 Å². The molecule has 0 bridgehead atoms. The van der Waals surface area contributed by atoms with Crippen LogP contribution in [0.5, 0.6) is 11.5 Å². The van der Waals surface area contributed by atoms with E-state index in [0.717, 1.165) is 10.6 Å². The number of carbonyl (C=O) groups is 5. The number of aromatic hydroxyl groups is 1. The van der Waals surface area contributed by atoms with Crippen molar-refractivity contribution in [3.63, 3.8) is 0 Å². The highest BCUT2D eigenvalue weighted by atomic mass is 16.5. The number of nitrogens with one attached hydrogen (secondary N) is 1. The zero-order valence-corrected chi connectivity index (χ0v) is 25.9. The molecule has 4 aliphatic rings. The van der Waals surface area contributed by atoms with Gasteiger partial charge in [-0.1, -0.05) is 71.8 Å². The minimum Gasteiger partial charge on any atom is -0.504 e. The van der Waals surface area contributed by atoms with E-state index < -0.39 is 64.7 Å². The van der Waals surface area contributed by atoms with Crippen LogP contribution in [0.1, 0.15) is 42.4 Å². The second-order valence-electron chi connectivity index (χ2n) is 12.6. The Balaban J connectivity index is 1.48. The van der Waals surface area contributed by atoms with Gasteiger partial charge in [0.15, 0.2) is 11.5 Å². The Hall–Kier alpha value is -5.45. The van der Waals surface area contributed by atoms with Gasteiger partial charge in [0.25, 0.3) is 11.8 Å². The normalized spacial score (nSPS) is 28.0. The Bertz CT molecular complexity index is 1860. The largest absolute Gasteiger partial charge is 0.504 e. The average molecular weight is 635 g/mol. The maximum Gasteiger partial charge on any atom is 0.328 e. The Morgan fingerprint density at radius 3 is 2.36 bits per heavy atom. The summed E-state index contributed by atoms with van der Waals surface area (Å²) in [5.74, 6) is -6.85. The van der Waals surface area contributed by atoms with Crippen LogP contribution in [0, 0.1) is 30.6 Å². The van der Waals surface area contributed by atoms with Crippen LogP contribution in [0.15, 0.2) is 84.4 Å². The number of amides is 6. The summed E-state index contributed by atoms with van der Waals surface area (Å²) >= 11 is 0. The Labute approximate surface area is 270 Å². The quantitative estimate of drug-likeness (QED) is 0.269. The first-order valence-electron chi connectivity index (χ1n) is 15.7. The van der Waals surface area contributed by atoms with Crippen LogP contribution in [-0.4, -0.2) is 51.3 Å². The van der Waals surface area contributed by atoms with Gasteiger partial charge in [-0.25, -0.2) is 4.79 Å². The van der Waals surface area contributed by atoms with Crippen molar-refractivity contribution in [1.82, 2.24) is 9.91 Å². The van der Waals surface area contributed by atoms with Crippen LogP contribution < -0.4 is 15.9 Å². The maximum absolute atomic E-state index is 15.1. The molecule has 2 heterocycles. The molecule has 6 atom stereocenters. The number of carbonyl (C=O) groups excluding carboxylic acids is 5. The lowest BCUT2D eigenvalue weighted by molar-refractivity contribution is -0.139. The highest BCUT2D eigenvalue weighted by Gasteiger charge is 2.70. The smallest absolute Gasteiger partial charge is 0.328 e. The molecule has 0 unspecified atom stereocenters. The zero-order chi connectivity index (χ0) is 33.2. The average Bonchev–Trinajstić information content (AvgIpc) is 3.45. The molecular weight excluding hydrogens is 600 g/mol. The summed E-state index contributed by atoms with van der Waals surface area (Å²) in [5, 5.41) is 12.8. The Morgan fingerprint density at radius 2 is 1.68 bits per heavy atom. The molecular formula is C36H34N4O7. The Kier molecular flexibility index (Phi) is 7.14. The van der Waals surface area contributed by atoms with Crippen molar-refractivity contribution in [2.75, 3.05) is 12.0 Å². The predicted molar refractivity (Wildman–Crippen MR) is 170 cm³/mol. The number of fused-ring (bicyclic) bond motifs is 4. The van der Waals surface area contributed by atoms with Crippen LogP contribution in [0.25, 0.3) is 0 Å². The van der Waals surface area contributed by atoms with E-state index in [1.54, 1.807) is 61.5 Å². The standard InChI is InChI=1S/C36H34N4O7/c1-3-47-27-11-7-10-24(30(27)41)29-22-16-17-23-28(33(44)39(31(23)42)35(37)46)25(22)18-26-32(43)40(38-21-14-12-19(2)13-15-21)34(45)36(26,29)20-8-5-4-6-9-20/h4-16,23,25-26,28-29,38,41H,3,17-18H2,1-2H3,(H2,37,46)/t23-,25+,26-,28-,29+,36+/m0/s1. The third-order valence-corrected chi connectivity index (χ3v) is 10.3. The van der Waals surface area contributed by atoms with Gasteiger partial charge < -0.3 is 15.6 Å². The monoisotopic (exact) mass is 634 g/mol. The predicted octanol–water partition coefficient (Wildman–Crippen LogP) is 4.16. The fourth-order valence-electron chi connectivity index (χ4n) is 8.35. The summed E-state index contributed by atoms with van der Waals surface area (Å²) in [5.41, 5.74) is 10.0. The number of hydrogen-bond donors (Lipinski definition) is 3. The van der Waals surface area contributed by atoms with E-state index in [1.807, 2.05) is 31.2 Å². The van der Waals surface area contributed by atoms with Crippen molar-refractivity contribution >= 4 is 35.3 Å². The summed E-state index contributed by atoms with van der Waals surface area (Å²) in [4.78, 5) is 69.5. The van der Waals surface area contributed by atoms with Gasteiger partial charge in [0, 0.05) is 11.5 Å². The zero-order valence-electron chi connectivity index (χ0n) is 25.9. The molecule has 4 N–H and O–H groups in total. The number of aryl methyl sites for hydroxylation is 1. The van der Waals surface area contributed by atoms with E-state index in [1.165, 1.54) is 0 Å². The third-order valence-electron chi connectivity index (χ3n) is 10.3. The fraction of sp³-hybridized carbons (Fsp3) is 0.306. The van der Waals surface area contributed by atoms with Crippen LogP contribution >= 0.6 is 0 Å². The van der Waals surface area contributed by atoms with Crippen LogP contribution in [0.2, 0.25) is 0 Å². The minimum absolute atomic E-state index is 0.0482. The molecule has 0 radical (unpaired) electrons. The molecule has 0 aromatic heterocycles. The molecule has 3 fully saturated rings. The van der Waals surface area contributed by atoms with E-state index in [2.05, 4.69) is 5.43 Å². The van der Waals surface area contributed by atoms with Crippen molar-refractivity contribution in [3.05, 3.63) is 101 Å². The summed E-state index contributed by atoms with van der Waals surface area (Å²) in [7, 11) is 0. The number of nitrogens with two attached hydrogens (primary N) is 1. The number of phenols is 1. The molecule has 6 amide bonds. The molecule has 11 nitrogen and oxygen atoms in total. The lowest BCUT2D eigenvalue weighted by Gasteiger charge is -2.50. The number of phenolic OH excluding ortho intramolecular Hbond substituents is 1. The highest BCUT2D eigenvalue weighted by Crippen LogP contribution is 2.65. The second-order valence-corrected chi connectivity index (χ2v) is 12.6. The number of allylic oxidation sites excluding steroid dienone is 2. The summed E-state index contributed by atoms with van der Waals surface area (Å²) < 4.78 is 5.75. The number of hydrogen-bond acceptors (Lipinski definition) is 8. The minimum atomic E-state index is -1.55. The summed E-state index contributed by atoms with van der Waals surface area (Å²) in [6, 6.07) is 20.2. The topological polar surface area (TPSA) is 159 Å². The van der Waals surface area contributed by atoms with Crippen molar-refractivity contribution < 1.29 is 33.8 Å². The van der Waals surface area contributed by atoms with Gasteiger partial charge in [-0.15, -0.1) is 0 Å². The van der Waals surface area contributed by atoms with Crippen molar-refractivity contribution in [2.45, 2.75) is 38.0 Å². The lowest BCUT2D eigenvalue weighted by Crippen LogP contribution is -2.53. The van der Waals surface area contributed by atoms with Crippen molar-refractivity contribution in [3.8, 4) is 11.5 Å². The number of benzene rings is 3. The number of hydrazine groups is 1. The summed E-state index contributed by atoms with van der Waals surface area (Å²) in [6.07, 6.45) is 2.01. The van der Waals surface area contributed by atoms with E-state index >= 15 is 4.79 Å². The molecule has 11 heteroatoms. The van der Waals surface area contributed by atoms with Crippen molar-refractivity contribution in [1.29, 1.82) is 0 Å². The maximum atomic E-state index is 15.1.